The Bertz CT molecular complexity index is 169. The van der Waals surface area contributed by atoms with Gasteiger partial charge in [-0.05, 0) is 18.8 Å². The van der Waals surface area contributed by atoms with Crippen molar-refractivity contribution in [1.29, 1.82) is 0 Å². The number of carbonyl (C=O) groups excluding carboxylic acids is 1. The summed E-state index contributed by atoms with van der Waals surface area (Å²) in [5.74, 6) is 0.218. The second kappa shape index (κ2) is 3.85. The van der Waals surface area contributed by atoms with Gasteiger partial charge >= 0.3 is 0 Å². The standard InChI is InChI=1S/C10H16O2/c1-3-9(2)10(7-11)5-4-6-12-8-10/h3,7,9H,1,4-6,8H2,2H3. The predicted molar refractivity (Wildman–Crippen MR) is 47.9 cm³/mol. The third-order valence-electron chi connectivity index (χ3n) is 2.80. The van der Waals surface area contributed by atoms with Gasteiger partial charge in [-0.25, -0.2) is 0 Å². The minimum atomic E-state index is -0.292. The number of rotatable bonds is 3. The van der Waals surface area contributed by atoms with E-state index in [1.165, 1.54) is 0 Å². The second-order valence-electron chi connectivity index (χ2n) is 3.53. The third-order valence-corrected chi connectivity index (χ3v) is 2.80. The lowest BCUT2D eigenvalue weighted by Gasteiger charge is -2.35. The Kier molecular flexibility index (Phi) is 3.04. The lowest BCUT2D eigenvalue weighted by Crippen LogP contribution is -2.38. The summed E-state index contributed by atoms with van der Waals surface area (Å²) in [7, 11) is 0. The molecule has 1 heterocycles. The predicted octanol–water partition coefficient (Wildman–Crippen LogP) is 1.80. The quantitative estimate of drug-likeness (QED) is 0.474. The summed E-state index contributed by atoms with van der Waals surface area (Å²) in [5.41, 5.74) is -0.292. The fourth-order valence-corrected chi connectivity index (χ4v) is 1.63. The first-order valence-corrected chi connectivity index (χ1v) is 4.42. The summed E-state index contributed by atoms with van der Waals surface area (Å²) < 4.78 is 5.32. The molecular weight excluding hydrogens is 152 g/mol. The lowest BCUT2D eigenvalue weighted by atomic mass is 9.74. The van der Waals surface area contributed by atoms with Gasteiger partial charge in [0.15, 0.2) is 0 Å². The van der Waals surface area contributed by atoms with Crippen LogP contribution >= 0.6 is 0 Å². The number of hydrogen-bond acceptors (Lipinski definition) is 2. The van der Waals surface area contributed by atoms with E-state index in [0.29, 0.717) is 6.61 Å². The van der Waals surface area contributed by atoms with Crippen molar-refractivity contribution in [2.24, 2.45) is 11.3 Å². The molecule has 2 nitrogen and oxygen atoms in total. The first-order chi connectivity index (χ1) is 5.75. The van der Waals surface area contributed by atoms with Crippen LogP contribution in [0.25, 0.3) is 0 Å². The van der Waals surface area contributed by atoms with E-state index in [0.717, 1.165) is 25.7 Å². The van der Waals surface area contributed by atoms with Gasteiger partial charge in [0.25, 0.3) is 0 Å². The van der Waals surface area contributed by atoms with E-state index in [2.05, 4.69) is 6.58 Å². The highest BCUT2D eigenvalue weighted by atomic mass is 16.5. The molecule has 0 aromatic carbocycles. The molecule has 0 aromatic heterocycles. The third kappa shape index (κ3) is 1.58. The molecule has 1 fully saturated rings. The number of allylic oxidation sites excluding steroid dienone is 1. The fourth-order valence-electron chi connectivity index (χ4n) is 1.63. The number of aldehydes is 1. The minimum Gasteiger partial charge on any atom is -0.380 e. The topological polar surface area (TPSA) is 26.3 Å². The second-order valence-corrected chi connectivity index (χ2v) is 3.53. The van der Waals surface area contributed by atoms with Crippen LogP contribution in [0, 0.1) is 11.3 Å². The zero-order chi connectivity index (χ0) is 9.03. The van der Waals surface area contributed by atoms with E-state index in [1.807, 2.05) is 13.0 Å². The van der Waals surface area contributed by atoms with Crippen LogP contribution in [0.15, 0.2) is 12.7 Å². The fraction of sp³-hybridized carbons (Fsp3) is 0.700. The van der Waals surface area contributed by atoms with Crippen molar-refractivity contribution in [1.82, 2.24) is 0 Å². The summed E-state index contributed by atoms with van der Waals surface area (Å²) in [4.78, 5) is 11.0. The van der Waals surface area contributed by atoms with Crippen LogP contribution in [0.3, 0.4) is 0 Å². The van der Waals surface area contributed by atoms with E-state index < -0.39 is 0 Å². The van der Waals surface area contributed by atoms with Gasteiger partial charge in [0.05, 0.1) is 12.0 Å². The highest BCUT2D eigenvalue weighted by molar-refractivity contribution is 5.60. The SMILES string of the molecule is C=CC(C)C1(C=O)CCCOC1. The summed E-state index contributed by atoms with van der Waals surface area (Å²) in [6.07, 6.45) is 4.79. The molecule has 2 unspecified atom stereocenters. The Morgan fingerprint density at radius 1 is 1.67 bits per heavy atom. The first-order valence-electron chi connectivity index (χ1n) is 4.42. The molecule has 1 aliphatic heterocycles. The molecule has 0 N–H and O–H groups in total. The normalized spacial score (nSPS) is 32.4. The maximum absolute atomic E-state index is 11.0. The summed E-state index contributed by atoms with van der Waals surface area (Å²) >= 11 is 0. The van der Waals surface area contributed by atoms with Crippen LogP contribution in [-0.2, 0) is 9.53 Å². The van der Waals surface area contributed by atoms with Gasteiger partial charge in [0.1, 0.15) is 6.29 Å². The Labute approximate surface area is 73.6 Å². The summed E-state index contributed by atoms with van der Waals surface area (Å²) in [6, 6.07) is 0. The van der Waals surface area contributed by atoms with Crippen LogP contribution in [-0.4, -0.2) is 19.5 Å². The van der Waals surface area contributed by atoms with Crippen molar-refractivity contribution >= 4 is 6.29 Å². The van der Waals surface area contributed by atoms with E-state index in [4.69, 9.17) is 4.74 Å². The molecule has 2 heteroatoms. The van der Waals surface area contributed by atoms with Gasteiger partial charge in [-0.15, -0.1) is 6.58 Å². The molecule has 0 amide bonds. The van der Waals surface area contributed by atoms with Crippen molar-refractivity contribution in [2.75, 3.05) is 13.2 Å². The van der Waals surface area contributed by atoms with Gasteiger partial charge in [0.2, 0.25) is 0 Å². The average molecular weight is 168 g/mol. The molecule has 1 rings (SSSR count). The molecule has 2 atom stereocenters. The molecule has 0 aliphatic carbocycles. The first kappa shape index (κ1) is 9.46. The van der Waals surface area contributed by atoms with Gasteiger partial charge in [-0.2, -0.15) is 0 Å². The lowest BCUT2D eigenvalue weighted by molar-refractivity contribution is -0.126. The van der Waals surface area contributed by atoms with Crippen molar-refractivity contribution in [2.45, 2.75) is 19.8 Å². The van der Waals surface area contributed by atoms with Crippen molar-refractivity contribution in [3.63, 3.8) is 0 Å². The molecule has 0 saturated carbocycles. The number of hydrogen-bond donors (Lipinski definition) is 0. The van der Waals surface area contributed by atoms with Crippen molar-refractivity contribution in [3.05, 3.63) is 12.7 Å². The van der Waals surface area contributed by atoms with Crippen molar-refractivity contribution < 1.29 is 9.53 Å². The molecule has 0 spiro atoms. The average Bonchev–Trinajstić information content (AvgIpc) is 2.17. The zero-order valence-corrected chi connectivity index (χ0v) is 7.58. The molecule has 1 aliphatic rings. The minimum absolute atomic E-state index is 0.218. The van der Waals surface area contributed by atoms with Crippen molar-refractivity contribution in [3.8, 4) is 0 Å². The van der Waals surface area contributed by atoms with Gasteiger partial charge in [-0.3, -0.25) is 0 Å². The highest BCUT2D eigenvalue weighted by Gasteiger charge is 2.36. The van der Waals surface area contributed by atoms with Crippen LogP contribution in [0.5, 0.6) is 0 Å². The maximum atomic E-state index is 11.0. The molecule has 68 valence electrons. The molecular formula is C10H16O2. The van der Waals surface area contributed by atoms with Crippen LogP contribution < -0.4 is 0 Å². The van der Waals surface area contributed by atoms with E-state index in [-0.39, 0.29) is 11.3 Å². The number of ether oxygens (including phenoxy) is 1. The van der Waals surface area contributed by atoms with Gasteiger partial charge in [0, 0.05) is 6.61 Å². The monoisotopic (exact) mass is 168 g/mol. The highest BCUT2D eigenvalue weighted by Crippen LogP contribution is 2.34. The summed E-state index contributed by atoms with van der Waals surface area (Å²) in [6.45, 7) is 7.09. The zero-order valence-electron chi connectivity index (χ0n) is 7.58. The largest absolute Gasteiger partial charge is 0.380 e. The van der Waals surface area contributed by atoms with Crippen LogP contribution in [0.2, 0.25) is 0 Å². The maximum Gasteiger partial charge on any atom is 0.129 e. The molecule has 12 heavy (non-hydrogen) atoms. The Morgan fingerprint density at radius 3 is 2.83 bits per heavy atom. The Hall–Kier alpha value is -0.630. The van der Waals surface area contributed by atoms with E-state index >= 15 is 0 Å². The van der Waals surface area contributed by atoms with E-state index in [9.17, 15) is 4.79 Å². The molecule has 0 aromatic rings. The number of carbonyl (C=O) groups is 1. The Balaban J connectivity index is 2.71. The van der Waals surface area contributed by atoms with Gasteiger partial charge in [-0.1, -0.05) is 13.0 Å². The van der Waals surface area contributed by atoms with Crippen LogP contribution in [0.4, 0.5) is 0 Å². The molecule has 0 bridgehead atoms. The van der Waals surface area contributed by atoms with Gasteiger partial charge < -0.3 is 9.53 Å². The molecule has 1 saturated heterocycles. The molecule has 0 radical (unpaired) electrons. The summed E-state index contributed by atoms with van der Waals surface area (Å²) in [5, 5.41) is 0. The Morgan fingerprint density at radius 2 is 2.42 bits per heavy atom. The van der Waals surface area contributed by atoms with Crippen LogP contribution in [0.1, 0.15) is 19.8 Å². The smallest absolute Gasteiger partial charge is 0.129 e. The van der Waals surface area contributed by atoms with E-state index in [1.54, 1.807) is 0 Å².